The first-order valence-electron chi connectivity index (χ1n) is 10.9. The Balaban J connectivity index is 1.88. The van der Waals surface area contributed by atoms with Gasteiger partial charge in [0, 0.05) is 19.1 Å². The Bertz CT molecular complexity index is 945. The maximum absolute atomic E-state index is 11.2. The van der Waals surface area contributed by atoms with Gasteiger partial charge in [0.1, 0.15) is 30.2 Å². The van der Waals surface area contributed by atoms with Gasteiger partial charge in [-0.1, -0.05) is 0 Å². The zero-order valence-electron chi connectivity index (χ0n) is 19.5. The Kier molecular flexibility index (Phi) is 8.89. The molecule has 2 aromatic heterocycles. The van der Waals surface area contributed by atoms with Crippen LogP contribution in [0.2, 0.25) is 0 Å². The number of aromatic nitrogens is 4. The van der Waals surface area contributed by atoms with Gasteiger partial charge < -0.3 is 29.3 Å². The van der Waals surface area contributed by atoms with Crippen molar-refractivity contribution >= 4 is 25.5 Å². The van der Waals surface area contributed by atoms with E-state index in [4.69, 9.17) is 19.0 Å². The average molecular weight is 481 g/mol. The second kappa shape index (κ2) is 11.4. The summed E-state index contributed by atoms with van der Waals surface area (Å²) in [6.45, 7) is 7.94. The molecule has 1 aliphatic rings. The van der Waals surface area contributed by atoms with Gasteiger partial charge in [0.2, 0.25) is 0 Å². The molecule has 3 heterocycles. The molecule has 182 valence electrons. The molecule has 2 aromatic rings. The lowest BCUT2D eigenvalue weighted by molar-refractivity contribution is -0.0506. The van der Waals surface area contributed by atoms with Crippen molar-refractivity contribution in [3.8, 4) is 6.07 Å². The van der Waals surface area contributed by atoms with E-state index in [0.29, 0.717) is 17.0 Å². The number of imidazole rings is 1. The maximum Gasteiger partial charge on any atom is 0.259 e. The molecule has 0 bridgehead atoms. The number of hydrogen-bond donors (Lipinski definition) is 3. The third kappa shape index (κ3) is 5.41. The molecule has 1 unspecified atom stereocenters. The highest BCUT2D eigenvalue weighted by Crippen LogP contribution is 2.50. The highest BCUT2D eigenvalue weighted by molar-refractivity contribution is 7.44. The highest BCUT2D eigenvalue weighted by Gasteiger charge is 2.48. The summed E-state index contributed by atoms with van der Waals surface area (Å²) in [5.41, 5.74) is 1.02. The Morgan fingerprint density at radius 3 is 2.64 bits per heavy atom. The number of nitrogens with one attached hydrogen (secondary N) is 1. The number of nitriles is 1. The molecule has 1 aliphatic heterocycles. The molecule has 0 spiro atoms. The number of fused-ring (bicyclic) bond motifs is 1. The molecule has 5 atom stereocenters. The second-order valence-corrected chi connectivity index (χ2v) is 9.56. The van der Waals surface area contributed by atoms with Crippen LogP contribution >= 0.6 is 8.53 Å². The van der Waals surface area contributed by atoms with E-state index in [0.717, 1.165) is 0 Å². The zero-order valence-corrected chi connectivity index (χ0v) is 20.4. The van der Waals surface area contributed by atoms with E-state index < -0.39 is 33.1 Å². The van der Waals surface area contributed by atoms with Gasteiger partial charge >= 0.3 is 0 Å². The van der Waals surface area contributed by atoms with Gasteiger partial charge in [-0.2, -0.15) is 5.26 Å². The number of anilines is 1. The van der Waals surface area contributed by atoms with Gasteiger partial charge in [0.15, 0.2) is 17.7 Å². The minimum Gasteiger partial charge on any atom is -0.394 e. The van der Waals surface area contributed by atoms with Crippen molar-refractivity contribution in [1.29, 1.82) is 5.26 Å². The summed E-state index contributed by atoms with van der Waals surface area (Å²) < 4.78 is 21.9. The predicted octanol–water partition coefficient (Wildman–Crippen LogP) is 1.78. The fourth-order valence-electron chi connectivity index (χ4n) is 3.85. The van der Waals surface area contributed by atoms with E-state index in [9.17, 15) is 10.2 Å². The minimum atomic E-state index is -1.63. The molecule has 13 heteroatoms. The van der Waals surface area contributed by atoms with Gasteiger partial charge in [0.25, 0.3) is 8.53 Å². The summed E-state index contributed by atoms with van der Waals surface area (Å²) >= 11 is 0. The van der Waals surface area contributed by atoms with Crippen molar-refractivity contribution in [2.24, 2.45) is 0 Å². The summed E-state index contributed by atoms with van der Waals surface area (Å²) in [5.74, 6) is 0.552. The van der Waals surface area contributed by atoms with Crippen LogP contribution in [-0.4, -0.2) is 85.1 Å². The van der Waals surface area contributed by atoms with Crippen molar-refractivity contribution in [3.05, 3.63) is 12.7 Å². The number of aliphatic hydroxyl groups excluding tert-OH is 2. The molecule has 1 saturated heterocycles. The normalized spacial score (nSPS) is 24.2. The summed E-state index contributed by atoms with van der Waals surface area (Å²) in [6, 6.07) is 2.25. The van der Waals surface area contributed by atoms with E-state index in [1.54, 1.807) is 11.6 Å². The van der Waals surface area contributed by atoms with Gasteiger partial charge in [-0.15, -0.1) is 0 Å². The van der Waals surface area contributed by atoms with Crippen LogP contribution in [0.4, 0.5) is 5.82 Å². The lowest BCUT2D eigenvalue weighted by Crippen LogP contribution is -2.39. The number of rotatable bonds is 11. The smallest absolute Gasteiger partial charge is 0.259 e. The van der Waals surface area contributed by atoms with Crippen molar-refractivity contribution in [3.63, 3.8) is 0 Å². The van der Waals surface area contributed by atoms with Crippen LogP contribution in [0.15, 0.2) is 12.7 Å². The van der Waals surface area contributed by atoms with Crippen LogP contribution in [0.5, 0.6) is 0 Å². The maximum atomic E-state index is 11.2. The van der Waals surface area contributed by atoms with Gasteiger partial charge in [-0.3, -0.25) is 4.57 Å². The van der Waals surface area contributed by atoms with Gasteiger partial charge in [0.05, 0.1) is 32.0 Å². The number of nitrogens with zero attached hydrogens (tertiary/aromatic N) is 6. The van der Waals surface area contributed by atoms with E-state index in [2.05, 4.69) is 31.0 Å². The van der Waals surface area contributed by atoms with E-state index in [1.807, 2.05) is 27.7 Å². The Morgan fingerprint density at radius 1 is 1.30 bits per heavy atom. The van der Waals surface area contributed by atoms with Crippen LogP contribution in [0.25, 0.3) is 11.2 Å². The van der Waals surface area contributed by atoms with Crippen molar-refractivity contribution in [1.82, 2.24) is 24.2 Å². The average Bonchev–Trinajstić information content (AvgIpc) is 3.34. The quantitative estimate of drug-likeness (QED) is 0.318. The van der Waals surface area contributed by atoms with Crippen LogP contribution in [0.3, 0.4) is 0 Å². The first-order valence-corrected chi connectivity index (χ1v) is 12.0. The topological polar surface area (TPSA) is 151 Å². The predicted molar refractivity (Wildman–Crippen MR) is 122 cm³/mol. The van der Waals surface area contributed by atoms with Crippen LogP contribution in [-0.2, 0) is 13.8 Å². The molecule has 0 radical (unpaired) electrons. The van der Waals surface area contributed by atoms with E-state index in [1.165, 1.54) is 12.7 Å². The highest BCUT2D eigenvalue weighted by atomic mass is 31.2. The Hall–Kier alpha value is -1.97. The van der Waals surface area contributed by atoms with Crippen molar-refractivity contribution in [2.75, 3.05) is 25.6 Å². The number of hydrogen-bond acceptors (Lipinski definition) is 11. The monoisotopic (exact) mass is 481 g/mol. The summed E-state index contributed by atoms with van der Waals surface area (Å²) in [5, 5.41) is 33.1. The van der Waals surface area contributed by atoms with Crippen LogP contribution < -0.4 is 5.32 Å². The third-order valence-corrected chi connectivity index (χ3v) is 7.36. The molecule has 33 heavy (non-hydrogen) atoms. The second-order valence-electron chi connectivity index (χ2n) is 8.15. The zero-order chi connectivity index (χ0) is 24.1. The Labute approximate surface area is 194 Å². The molecule has 3 rings (SSSR count). The van der Waals surface area contributed by atoms with Crippen molar-refractivity contribution < 1.29 is 24.0 Å². The van der Waals surface area contributed by atoms with Gasteiger partial charge in [-0.05, 0) is 27.7 Å². The number of aliphatic hydroxyl groups is 2. The largest absolute Gasteiger partial charge is 0.394 e. The molecular formula is C20H32N7O5P. The SMILES string of the molecule is CNc1ncnc2c1ncn2[C@@H]1O[C@H](CO)[C@@H](OP(OCCC#N)N(C(C)C)C(C)C)[C@H]1O. The molecule has 12 nitrogen and oxygen atoms in total. The van der Waals surface area contributed by atoms with Crippen LogP contribution in [0, 0.1) is 11.3 Å². The van der Waals surface area contributed by atoms with Crippen molar-refractivity contribution in [2.45, 2.75) is 70.7 Å². The molecule has 3 N–H and O–H groups in total. The third-order valence-electron chi connectivity index (χ3n) is 5.23. The fraction of sp³-hybridized carbons (Fsp3) is 0.700. The first kappa shape index (κ1) is 25.6. The standard InChI is InChI=1S/C20H32N7O5P/c1-12(2)27(13(3)4)33(30-8-6-7-21)32-17-14(9-28)31-20(16(17)29)26-11-25-15-18(22-5)23-10-24-19(15)26/h10-14,16-17,20,28-29H,6,8-9H2,1-5H3,(H,22,23,24)/t14-,16-,17-,20-,33?/m1/s1. The molecule has 0 aromatic carbocycles. The lowest BCUT2D eigenvalue weighted by atomic mass is 10.1. The minimum absolute atomic E-state index is 0.0929. The molecule has 0 aliphatic carbocycles. The van der Waals surface area contributed by atoms with E-state index >= 15 is 0 Å². The van der Waals surface area contributed by atoms with Gasteiger partial charge in [-0.25, -0.2) is 19.6 Å². The molecule has 1 fully saturated rings. The first-order chi connectivity index (χ1) is 15.8. The summed E-state index contributed by atoms with van der Waals surface area (Å²) in [6.07, 6.45) is -0.522. The van der Waals surface area contributed by atoms with Crippen LogP contribution in [0.1, 0.15) is 40.3 Å². The molecular weight excluding hydrogens is 449 g/mol. The molecule has 0 saturated carbocycles. The molecule has 0 amide bonds. The Morgan fingerprint density at radius 2 is 2.03 bits per heavy atom. The summed E-state index contributed by atoms with van der Waals surface area (Å²) in [7, 11) is 0.100. The number of ether oxygens (including phenoxy) is 1. The fourth-order valence-corrected chi connectivity index (χ4v) is 5.62. The summed E-state index contributed by atoms with van der Waals surface area (Å²) in [4.78, 5) is 12.8. The van der Waals surface area contributed by atoms with E-state index in [-0.39, 0.29) is 31.7 Å². The lowest BCUT2D eigenvalue weighted by Gasteiger charge is -2.37.